The number of ether oxygens (including phenoxy) is 2. The highest BCUT2D eigenvalue weighted by atomic mass is 16.6. The maximum absolute atomic E-state index is 11.8. The number of nitrogens with zero attached hydrogens (tertiary/aromatic N) is 1. The van der Waals surface area contributed by atoms with Gasteiger partial charge in [0.05, 0.1) is 20.4 Å². The number of hydrogen-bond acceptors (Lipinski definition) is 6. The Morgan fingerprint density at radius 3 is 2.38 bits per heavy atom. The Morgan fingerprint density at radius 1 is 1.08 bits per heavy atom. The zero-order chi connectivity index (χ0) is 18.9. The van der Waals surface area contributed by atoms with Crippen molar-refractivity contribution in [2.75, 3.05) is 26.1 Å². The van der Waals surface area contributed by atoms with E-state index >= 15 is 0 Å². The molecular formula is C18H19N3O5. The highest BCUT2D eigenvalue weighted by Gasteiger charge is 2.05. The summed E-state index contributed by atoms with van der Waals surface area (Å²) < 4.78 is 10.3. The molecule has 0 saturated heterocycles. The molecule has 0 saturated carbocycles. The Labute approximate surface area is 150 Å². The summed E-state index contributed by atoms with van der Waals surface area (Å²) in [5, 5.41) is 6.36. The van der Waals surface area contributed by atoms with E-state index in [9.17, 15) is 9.59 Å². The molecule has 0 fully saturated rings. The second-order valence-electron chi connectivity index (χ2n) is 5.11. The fourth-order valence-corrected chi connectivity index (χ4v) is 2.04. The molecule has 0 aliphatic heterocycles. The van der Waals surface area contributed by atoms with Gasteiger partial charge in [0.1, 0.15) is 0 Å². The molecule has 2 rings (SSSR count). The third-order valence-electron chi connectivity index (χ3n) is 3.33. The maximum Gasteiger partial charge on any atom is 0.265 e. The summed E-state index contributed by atoms with van der Waals surface area (Å²) in [4.78, 5) is 27.7. The number of carbonyl (C=O) groups excluding carboxylic acids is 2. The van der Waals surface area contributed by atoms with Crippen LogP contribution in [0.3, 0.4) is 0 Å². The maximum atomic E-state index is 11.8. The number of methoxy groups -OCH3 is 2. The molecule has 8 nitrogen and oxygen atoms in total. The Morgan fingerprint density at radius 2 is 1.77 bits per heavy atom. The first-order valence-electron chi connectivity index (χ1n) is 7.60. The van der Waals surface area contributed by atoms with Crippen molar-refractivity contribution in [2.45, 2.75) is 0 Å². The SMILES string of the molecule is COc1ccc(/C=N\OCC(=O)Nc2ccc(C(N)=O)cc2)cc1OC. The van der Waals surface area contributed by atoms with Crippen molar-refractivity contribution in [3.63, 3.8) is 0 Å². The summed E-state index contributed by atoms with van der Waals surface area (Å²) in [5.41, 5.74) is 6.76. The molecule has 2 aromatic rings. The molecule has 3 N–H and O–H groups in total. The third kappa shape index (κ3) is 5.23. The zero-order valence-electron chi connectivity index (χ0n) is 14.4. The highest BCUT2D eigenvalue weighted by Crippen LogP contribution is 2.26. The molecule has 0 aliphatic rings. The molecule has 0 aliphatic carbocycles. The van der Waals surface area contributed by atoms with Crippen LogP contribution in [0.4, 0.5) is 5.69 Å². The summed E-state index contributed by atoms with van der Waals surface area (Å²) in [6, 6.07) is 11.4. The lowest BCUT2D eigenvalue weighted by molar-refractivity contribution is -0.120. The smallest absolute Gasteiger partial charge is 0.265 e. The van der Waals surface area contributed by atoms with Gasteiger partial charge < -0.3 is 25.4 Å². The van der Waals surface area contributed by atoms with Gasteiger partial charge in [0.15, 0.2) is 18.1 Å². The van der Waals surface area contributed by atoms with E-state index in [1.165, 1.54) is 25.5 Å². The highest BCUT2D eigenvalue weighted by molar-refractivity contribution is 5.95. The first-order chi connectivity index (χ1) is 12.5. The van der Waals surface area contributed by atoms with Crippen molar-refractivity contribution < 1.29 is 23.9 Å². The molecule has 0 spiro atoms. The number of rotatable bonds is 8. The number of carbonyl (C=O) groups is 2. The average molecular weight is 357 g/mol. The molecule has 136 valence electrons. The van der Waals surface area contributed by atoms with E-state index in [1.807, 2.05) is 0 Å². The van der Waals surface area contributed by atoms with Gasteiger partial charge in [0.2, 0.25) is 5.91 Å². The van der Waals surface area contributed by atoms with Gasteiger partial charge in [0.25, 0.3) is 5.91 Å². The van der Waals surface area contributed by atoms with Crippen molar-refractivity contribution in [2.24, 2.45) is 10.9 Å². The van der Waals surface area contributed by atoms with Crippen LogP contribution in [0.15, 0.2) is 47.6 Å². The van der Waals surface area contributed by atoms with Crippen LogP contribution < -0.4 is 20.5 Å². The normalized spacial score (nSPS) is 10.4. The molecule has 0 radical (unpaired) electrons. The Balaban J connectivity index is 1.84. The number of primary amides is 1. The lowest BCUT2D eigenvalue weighted by atomic mass is 10.2. The molecule has 0 unspecified atom stereocenters. The minimum absolute atomic E-state index is 0.263. The molecule has 2 amide bonds. The summed E-state index contributed by atoms with van der Waals surface area (Å²) >= 11 is 0. The fraction of sp³-hybridized carbons (Fsp3) is 0.167. The predicted molar refractivity (Wildman–Crippen MR) is 96.7 cm³/mol. The summed E-state index contributed by atoms with van der Waals surface area (Å²) in [6.45, 7) is -0.263. The summed E-state index contributed by atoms with van der Waals surface area (Å²) in [7, 11) is 3.09. The van der Waals surface area contributed by atoms with E-state index in [0.29, 0.717) is 22.7 Å². The first kappa shape index (κ1) is 18.8. The predicted octanol–water partition coefficient (Wildman–Crippen LogP) is 1.79. The van der Waals surface area contributed by atoms with E-state index < -0.39 is 5.91 Å². The van der Waals surface area contributed by atoms with Crippen molar-refractivity contribution in [3.05, 3.63) is 53.6 Å². The number of nitrogens with two attached hydrogens (primary N) is 1. The van der Waals surface area contributed by atoms with Crippen LogP contribution in [0.2, 0.25) is 0 Å². The molecule has 0 bridgehead atoms. The van der Waals surface area contributed by atoms with Gasteiger partial charge in [-0.1, -0.05) is 5.16 Å². The van der Waals surface area contributed by atoms with Crippen LogP contribution in [0.5, 0.6) is 11.5 Å². The largest absolute Gasteiger partial charge is 0.493 e. The van der Waals surface area contributed by atoms with E-state index in [1.54, 1.807) is 37.4 Å². The molecule has 2 aromatic carbocycles. The molecule has 0 heterocycles. The molecule has 8 heteroatoms. The molecular weight excluding hydrogens is 338 g/mol. The lowest BCUT2D eigenvalue weighted by Gasteiger charge is -2.07. The Kier molecular flexibility index (Phi) is 6.55. The van der Waals surface area contributed by atoms with Crippen molar-refractivity contribution in [1.82, 2.24) is 0 Å². The van der Waals surface area contributed by atoms with Gasteiger partial charge >= 0.3 is 0 Å². The first-order valence-corrected chi connectivity index (χ1v) is 7.60. The Bertz CT molecular complexity index is 803. The number of nitrogens with one attached hydrogen (secondary N) is 1. The Hall–Kier alpha value is -3.55. The van der Waals surface area contributed by atoms with Gasteiger partial charge in [-0.3, -0.25) is 9.59 Å². The van der Waals surface area contributed by atoms with Crippen molar-refractivity contribution >= 4 is 23.7 Å². The third-order valence-corrected chi connectivity index (χ3v) is 3.33. The zero-order valence-corrected chi connectivity index (χ0v) is 14.4. The van der Waals surface area contributed by atoms with Crippen LogP contribution in [0.25, 0.3) is 0 Å². The standard InChI is InChI=1S/C18H19N3O5/c1-24-15-8-3-12(9-16(15)25-2)10-20-26-11-17(22)21-14-6-4-13(5-7-14)18(19)23/h3-10H,11H2,1-2H3,(H2,19,23)(H,21,22)/b20-10-. The van der Waals surface area contributed by atoms with E-state index in [-0.39, 0.29) is 12.5 Å². The van der Waals surface area contributed by atoms with Crippen LogP contribution in [0, 0.1) is 0 Å². The summed E-state index contributed by atoms with van der Waals surface area (Å²) in [5.74, 6) is 0.248. The average Bonchev–Trinajstić information content (AvgIpc) is 2.65. The fourth-order valence-electron chi connectivity index (χ4n) is 2.04. The monoisotopic (exact) mass is 357 g/mol. The topological polar surface area (TPSA) is 112 Å². The minimum atomic E-state index is -0.532. The van der Waals surface area contributed by atoms with Crippen molar-refractivity contribution in [1.29, 1.82) is 0 Å². The number of amides is 2. The number of oxime groups is 1. The summed E-state index contributed by atoms with van der Waals surface area (Å²) in [6.07, 6.45) is 1.46. The lowest BCUT2D eigenvalue weighted by Crippen LogP contribution is -2.17. The number of benzene rings is 2. The van der Waals surface area contributed by atoms with E-state index in [2.05, 4.69) is 10.5 Å². The van der Waals surface area contributed by atoms with Gasteiger partial charge in [0, 0.05) is 16.8 Å². The minimum Gasteiger partial charge on any atom is -0.493 e. The number of hydrogen-bond donors (Lipinski definition) is 2. The van der Waals surface area contributed by atoms with E-state index in [4.69, 9.17) is 20.0 Å². The van der Waals surface area contributed by atoms with Gasteiger partial charge in [-0.05, 0) is 42.5 Å². The van der Waals surface area contributed by atoms with Crippen LogP contribution >= 0.6 is 0 Å². The van der Waals surface area contributed by atoms with Gasteiger partial charge in [-0.25, -0.2) is 0 Å². The second kappa shape index (κ2) is 9.07. The van der Waals surface area contributed by atoms with Crippen LogP contribution in [0.1, 0.15) is 15.9 Å². The van der Waals surface area contributed by atoms with Crippen LogP contribution in [-0.2, 0) is 9.63 Å². The molecule has 0 atom stereocenters. The molecule has 26 heavy (non-hydrogen) atoms. The molecule has 0 aromatic heterocycles. The quantitative estimate of drug-likeness (QED) is 0.552. The van der Waals surface area contributed by atoms with Gasteiger partial charge in [-0.15, -0.1) is 0 Å². The van der Waals surface area contributed by atoms with Crippen LogP contribution in [-0.4, -0.2) is 38.9 Å². The second-order valence-corrected chi connectivity index (χ2v) is 5.11. The number of anilines is 1. The van der Waals surface area contributed by atoms with Gasteiger partial charge in [-0.2, -0.15) is 0 Å². The van der Waals surface area contributed by atoms with Crippen molar-refractivity contribution in [3.8, 4) is 11.5 Å². The van der Waals surface area contributed by atoms with E-state index in [0.717, 1.165) is 5.56 Å².